The third-order valence-electron chi connectivity index (χ3n) is 7.05. The molecule has 3 heteroatoms. The van der Waals surface area contributed by atoms with Crippen molar-refractivity contribution in [1.82, 2.24) is 4.57 Å². The van der Waals surface area contributed by atoms with Crippen LogP contribution in [0.25, 0.3) is 58.8 Å². The van der Waals surface area contributed by atoms with Gasteiger partial charge in [-0.15, -0.1) is 11.3 Å². The standard InChI is InChI=1S/C32H22BrNS/c1-19-9-13-23(14-10-19)34-29-15-11-21(17-27(29)28-18-22(33)12-16-30(28)34)24-6-4-8-26-25-7-3-5-20(2)31(25)35-32(24)26/h3-18H,1-2H3. The molecule has 35 heavy (non-hydrogen) atoms. The lowest BCUT2D eigenvalue weighted by Crippen LogP contribution is -1.93. The van der Waals surface area contributed by atoms with E-state index in [4.69, 9.17) is 0 Å². The van der Waals surface area contributed by atoms with Gasteiger partial charge in [0.1, 0.15) is 0 Å². The van der Waals surface area contributed by atoms with Crippen LogP contribution in [0.1, 0.15) is 11.1 Å². The Hall–Kier alpha value is -3.40. The fourth-order valence-corrected chi connectivity index (χ4v) is 6.99. The predicted molar refractivity (Wildman–Crippen MR) is 156 cm³/mol. The summed E-state index contributed by atoms with van der Waals surface area (Å²) in [5, 5.41) is 5.23. The highest BCUT2D eigenvalue weighted by Gasteiger charge is 2.16. The monoisotopic (exact) mass is 531 g/mol. The van der Waals surface area contributed by atoms with E-state index in [-0.39, 0.29) is 0 Å². The largest absolute Gasteiger partial charge is 0.309 e. The van der Waals surface area contributed by atoms with Gasteiger partial charge in [0.05, 0.1) is 11.0 Å². The molecule has 0 aliphatic rings. The number of hydrogen-bond donors (Lipinski definition) is 0. The van der Waals surface area contributed by atoms with E-state index in [9.17, 15) is 0 Å². The number of thiophene rings is 1. The number of nitrogens with zero attached hydrogens (tertiary/aromatic N) is 1. The molecule has 0 amide bonds. The van der Waals surface area contributed by atoms with Crippen LogP contribution < -0.4 is 0 Å². The molecule has 5 aromatic carbocycles. The number of aromatic nitrogens is 1. The zero-order valence-corrected chi connectivity index (χ0v) is 21.9. The van der Waals surface area contributed by atoms with Crippen LogP contribution in [0.3, 0.4) is 0 Å². The van der Waals surface area contributed by atoms with E-state index in [0.29, 0.717) is 0 Å². The van der Waals surface area contributed by atoms with Crippen LogP contribution in [0.2, 0.25) is 0 Å². The first kappa shape index (κ1) is 20.9. The van der Waals surface area contributed by atoms with Gasteiger partial charge in [0, 0.05) is 41.1 Å². The first-order valence-electron chi connectivity index (χ1n) is 11.8. The number of fused-ring (bicyclic) bond motifs is 6. The molecule has 0 unspecified atom stereocenters. The maximum Gasteiger partial charge on any atom is 0.0541 e. The van der Waals surface area contributed by atoms with Crippen LogP contribution in [-0.2, 0) is 0 Å². The molecule has 2 aromatic heterocycles. The number of rotatable bonds is 2. The maximum atomic E-state index is 3.71. The van der Waals surface area contributed by atoms with Crippen molar-refractivity contribution in [1.29, 1.82) is 0 Å². The Morgan fingerprint density at radius 2 is 1.31 bits per heavy atom. The highest BCUT2D eigenvalue weighted by atomic mass is 79.9. The van der Waals surface area contributed by atoms with Gasteiger partial charge in [-0.2, -0.15) is 0 Å². The smallest absolute Gasteiger partial charge is 0.0541 e. The Balaban J connectivity index is 1.53. The van der Waals surface area contributed by atoms with Gasteiger partial charge in [0.15, 0.2) is 0 Å². The van der Waals surface area contributed by atoms with Crippen molar-refractivity contribution in [2.75, 3.05) is 0 Å². The SMILES string of the molecule is Cc1ccc(-n2c3ccc(Br)cc3c3cc(-c4cccc5c4sc4c(C)cccc45)ccc32)cc1. The molecule has 0 bridgehead atoms. The number of hydrogen-bond acceptors (Lipinski definition) is 1. The van der Waals surface area contributed by atoms with Gasteiger partial charge in [-0.1, -0.05) is 76.1 Å². The topological polar surface area (TPSA) is 4.93 Å². The Labute approximate surface area is 216 Å². The molecule has 168 valence electrons. The molecular weight excluding hydrogens is 510 g/mol. The van der Waals surface area contributed by atoms with Gasteiger partial charge < -0.3 is 4.57 Å². The zero-order chi connectivity index (χ0) is 23.7. The number of halogens is 1. The minimum absolute atomic E-state index is 1.10. The first-order chi connectivity index (χ1) is 17.1. The van der Waals surface area contributed by atoms with E-state index in [2.05, 4.69) is 131 Å². The van der Waals surface area contributed by atoms with Gasteiger partial charge in [0.25, 0.3) is 0 Å². The molecule has 0 aliphatic carbocycles. The Bertz CT molecular complexity index is 1920. The van der Waals surface area contributed by atoms with Crippen LogP contribution in [0, 0.1) is 13.8 Å². The summed E-state index contributed by atoms with van der Waals surface area (Å²) in [5.41, 5.74) is 8.81. The van der Waals surface area contributed by atoms with E-state index in [1.165, 1.54) is 69.9 Å². The van der Waals surface area contributed by atoms with E-state index in [1.54, 1.807) is 0 Å². The van der Waals surface area contributed by atoms with Crippen LogP contribution in [0.5, 0.6) is 0 Å². The average molecular weight is 533 g/mol. The van der Waals surface area contributed by atoms with Crippen molar-refractivity contribution in [2.45, 2.75) is 13.8 Å². The van der Waals surface area contributed by atoms with Crippen LogP contribution >= 0.6 is 27.3 Å². The molecule has 7 aromatic rings. The summed E-state index contributed by atoms with van der Waals surface area (Å²) >= 11 is 5.62. The number of benzene rings is 5. The first-order valence-corrected chi connectivity index (χ1v) is 13.4. The normalized spacial score (nSPS) is 11.9. The van der Waals surface area contributed by atoms with Crippen molar-refractivity contribution in [2.24, 2.45) is 0 Å². The molecule has 0 spiro atoms. The molecule has 0 fully saturated rings. The summed E-state index contributed by atoms with van der Waals surface area (Å²) in [4.78, 5) is 0. The van der Waals surface area contributed by atoms with E-state index < -0.39 is 0 Å². The van der Waals surface area contributed by atoms with E-state index >= 15 is 0 Å². The van der Waals surface area contributed by atoms with Gasteiger partial charge >= 0.3 is 0 Å². The molecule has 7 rings (SSSR count). The van der Waals surface area contributed by atoms with Crippen LogP contribution in [-0.4, -0.2) is 4.57 Å². The zero-order valence-electron chi connectivity index (χ0n) is 19.5. The second kappa shape index (κ2) is 7.81. The summed E-state index contributed by atoms with van der Waals surface area (Å²) in [6.07, 6.45) is 0. The summed E-state index contributed by atoms with van der Waals surface area (Å²) in [7, 11) is 0. The van der Waals surface area contributed by atoms with Gasteiger partial charge in [-0.05, 0) is 73.0 Å². The Morgan fingerprint density at radius 1 is 0.629 bits per heavy atom. The maximum absolute atomic E-state index is 3.71. The quantitative estimate of drug-likeness (QED) is 0.209. The Morgan fingerprint density at radius 3 is 2.11 bits per heavy atom. The lowest BCUT2D eigenvalue weighted by Gasteiger charge is -2.09. The summed E-state index contributed by atoms with van der Waals surface area (Å²) in [6, 6.07) is 35.7. The molecule has 0 saturated heterocycles. The fraction of sp³-hybridized carbons (Fsp3) is 0.0625. The lowest BCUT2D eigenvalue weighted by atomic mass is 10.0. The third kappa shape index (κ3) is 3.19. The molecule has 1 nitrogen and oxygen atoms in total. The van der Waals surface area contributed by atoms with E-state index in [1.807, 2.05) is 11.3 Å². The van der Waals surface area contributed by atoms with Gasteiger partial charge in [-0.3, -0.25) is 0 Å². The molecule has 0 aliphatic heterocycles. The lowest BCUT2D eigenvalue weighted by molar-refractivity contribution is 1.17. The van der Waals surface area contributed by atoms with Crippen molar-refractivity contribution in [3.8, 4) is 16.8 Å². The minimum Gasteiger partial charge on any atom is -0.309 e. The summed E-state index contributed by atoms with van der Waals surface area (Å²) in [6.45, 7) is 4.34. The highest BCUT2D eigenvalue weighted by molar-refractivity contribution is 9.10. The second-order valence-corrected chi connectivity index (χ2v) is 11.2. The van der Waals surface area contributed by atoms with Crippen molar-refractivity contribution in [3.05, 3.63) is 113 Å². The third-order valence-corrected chi connectivity index (χ3v) is 8.93. The molecule has 0 radical (unpaired) electrons. The summed E-state index contributed by atoms with van der Waals surface area (Å²) in [5.74, 6) is 0. The summed E-state index contributed by atoms with van der Waals surface area (Å²) < 4.78 is 6.22. The van der Waals surface area contributed by atoms with Crippen molar-refractivity contribution < 1.29 is 0 Å². The van der Waals surface area contributed by atoms with Crippen LogP contribution in [0.4, 0.5) is 0 Å². The molecular formula is C32H22BrNS. The highest BCUT2D eigenvalue weighted by Crippen LogP contribution is 2.42. The van der Waals surface area contributed by atoms with Crippen molar-refractivity contribution in [3.63, 3.8) is 0 Å². The van der Waals surface area contributed by atoms with E-state index in [0.717, 1.165) is 4.47 Å². The molecule has 0 N–H and O–H groups in total. The van der Waals surface area contributed by atoms with Gasteiger partial charge in [0.2, 0.25) is 0 Å². The molecule has 0 saturated carbocycles. The average Bonchev–Trinajstić information content (AvgIpc) is 3.41. The molecule has 2 heterocycles. The number of aryl methyl sites for hydroxylation is 2. The predicted octanol–water partition coefficient (Wildman–Crippen LogP) is 10.2. The van der Waals surface area contributed by atoms with Crippen molar-refractivity contribution >= 4 is 69.2 Å². The minimum atomic E-state index is 1.10. The Kier molecular flexibility index (Phi) is 4.67. The molecule has 0 atom stereocenters. The second-order valence-electron chi connectivity index (χ2n) is 9.30. The fourth-order valence-electron chi connectivity index (χ4n) is 5.32. The van der Waals surface area contributed by atoms with Gasteiger partial charge in [-0.25, -0.2) is 0 Å². The van der Waals surface area contributed by atoms with Crippen LogP contribution in [0.15, 0.2) is 102 Å².